The molecule has 4 heteroatoms. The van der Waals surface area contributed by atoms with Crippen molar-refractivity contribution >= 4 is 0 Å². The summed E-state index contributed by atoms with van der Waals surface area (Å²) in [5, 5.41) is 7.91. The molecule has 3 rings (SSSR count). The van der Waals surface area contributed by atoms with Crippen LogP contribution in [0.2, 0.25) is 0 Å². The average Bonchev–Trinajstić information content (AvgIpc) is 3.08. The Morgan fingerprint density at radius 1 is 1.39 bits per heavy atom. The molecular formula is C14H16FN3. The predicted molar refractivity (Wildman–Crippen MR) is 68.1 cm³/mol. The first-order valence-corrected chi connectivity index (χ1v) is 6.27. The Hall–Kier alpha value is -1.68. The van der Waals surface area contributed by atoms with E-state index in [-0.39, 0.29) is 5.82 Å². The van der Waals surface area contributed by atoms with Gasteiger partial charge in [0.2, 0.25) is 0 Å². The highest BCUT2D eigenvalue weighted by Gasteiger charge is 2.20. The van der Waals surface area contributed by atoms with Crippen molar-refractivity contribution in [1.82, 2.24) is 15.1 Å². The third-order valence-corrected chi connectivity index (χ3v) is 3.20. The number of rotatable bonds is 4. The number of aryl methyl sites for hydroxylation is 1. The molecule has 0 atom stereocenters. The summed E-state index contributed by atoms with van der Waals surface area (Å²) in [5.74, 6) is -0.179. The summed E-state index contributed by atoms with van der Waals surface area (Å²) in [7, 11) is 0. The Bertz CT molecular complexity index is 558. The van der Waals surface area contributed by atoms with Crippen molar-refractivity contribution in [2.45, 2.75) is 32.4 Å². The molecule has 1 heterocycles. The molecule has 1 saturated carbocycles. The Balaban J connectivity index is 1.76. The van der Waals surface area contributed by atoms with Crippen molar-refractivity contribution < 1.29 is 4.39 Å². The molecule has 94 valence electrons. The first-order chi connectivity index (χ1) is 8.72. The minimum Gasteiger partial charge on any atom is -0.308 e. The third-order valence-electron chi connectivity index (χ3n) is 3.20. The van der Waals surface area contributed by atoms with Gasteiger partial charge in [0.1, 0.15) is 5.82 Å². The molecule has 1 fully saturated rings. The maximum atomic E-state index is 13.2. The first kappa shape index (κ1) is 11.4. The topological polar surface area (TPSA) is 29.9 Å². The van der Waals surface area contributed by atoms with E-state index >= 15 is 0 Å². The molecule has 1 aliphatic rings. The molecule has 1 aromatic carbocycles. The SMILES string of the molecule is Cc1cc(-n2ccc(CNC3CC3)n2)ccc1F. The molecule has 18 heavy (non-hydrogen) atoms. The van der Waals surface area contributed by atoms with Gasteiger partial charge in [-0.05, 0) is 49.6 Å². The number of nitrogens with zero attached hydrogens (tertiary/aromatic N) is 2. The molecular weight excluding hydrogens is 229 g/mol. The Kier molecular flexibility index (Phi) is 2.88. The van der Waals surface area contributed by atoms with Crippen molar-refractivity contribution in [3.63, 3.8) is 0 Å². The van der Waals surface area contributed by atoms with Crippen LogP contribution in [-0.4, -0.2) is 15.8 Å². The van der Waals surface area contributed by atoms with Crippen LogP contribution in [0.1, 0.15) is 24.1 Å². The van der Waals surface area contributed by atoms with Crippen LogP contribution in [0, 0.1) is 12.7 Å². The predicted octanol–water partition coefficient (Wildman–Crippen LogP) is 2.57. The van der Waals surface area contributed by atoms with Gasteiger partial charge in [-0.1, -0.05) is 0 Å². The Morgan fingerprint density at radius 3 is 2.94 bits per heavy atom. The number of hydrogen-bond acceptors (Lipinski definition) is 2. The van der Waals surface area contributed by atoms with Crippen LogP contribution in [-0.2, 0) is 6.54 Å². The van der Waals surface area contributed by atoms with Gasteiger partial charge in [0.25, 0.3) is 0 Å². The molecule has 0 unspecified atom stereocenters. The smallest absolute Gasteiger partial charge is 0.126 e. The Labute approximate surface area is 106 Å². The number of halogens is 1. The van der Waals surface area contributed by atoms with Crippen LogP contribution in [0.15, 0.2) is 30.5 Å². The lowest BCUT2D eigenvalue weighted by Crippen LogP contribution is -2.15. The lowest BCUT2D eigenvalue weighted by molar-refractivity contribution is 0.617. The van der Waals surface area contributed by atoms with Gasteiger partial charge in [-0.25, -0.2) is 9.07 Å². The van der Waals surface area contributed by atoms with Gasteiger partial charge in [0.05, 0.1) is 11.4 Å². The fourth-order valence-electron chi connectivity index (χ4n) is 1.91. The van der Waals surface area contributed by atoms with E-state index in [1.54, 1.807) is 23.7 Å². The van der Waals surface area contributed by atoms with Crippen LogP contribution < -0.4 is 5.32 Å². The van der Waals surface area contributed by atoms with Gasteiger partial charge in [-0.3, -0.25) is 0 Å². The lowest BCUT2D eigenvalue weighted by Gasteiger charge is -2.03. The highest BCUT2D eigenvalue weighted by Crippen LogP contribution is 2.19. The minimum atomic E-state index is -0.179. The van der Waals surface area contributed by atoms with Gasteiger partial charge >= 0.3 is 0 Å². The second kappa shape index (κ2) is 4.53. The van der Waals surface area contributed by atoms with Crippen LogP contribution >= 0.6 is 0 Å². The summed E-state index contributed by atoms with van der Waals surface area (Å²) in [6.45, 7) is 2.57. The van der Waals surface area contributed by atoms with Crippen LogP contribution in [0.25, 0.3) is 5.69 Å². The monoisotopic (exact) mass is 245 g/mol. The van der Waals surface area contributed by atoms with Gasteiger partial charge in [0, 0.05) is 18.8 Å². The fourth-order valence-corrected chi connectivity index (χ4v) is 1.91. The number of aromatic nitrogens is 2. The van der Waals surface area contributed by atoms with E-state index in [9.17, 15) is 4.39 Å². The molecule has 0 aliphatic heterocycles. The zero-order chi connectivity index (χ0) is 12.5. The van der Waals surface area contributed by atoms with E-state index < -0.39 is 0 Å². The van der Waals surface area contributed by atoms with Crippen molar-refractivity contribution in [2.75, 3.05) is 0 Å². The minimum absolute atomic E-state index is 0.179. The highest BCUT2D eigenvalue weighted by molar-refractivity contribution is 5.35. The summed E-state index contributed by atoms with van der Waals surface area (Å²) < 4.78 is 15.0. The van der Waals surface area contributed by atoms with Crippen molar-refractivity contribution in [2.24, 2.45) is 0 Å². The second-order valence-electron chi connectivity index (χ2n) is 4.84. The zero-order valence-corrected chi connectivity index (χ0v) is 10.4. The van der Waals surface area contributed by atoms with Gasteiger partial charge in [-0.15, -0.1) is 0 Å². The van der Waals surface area contributed by atoms with Gasteiger partial charge < -0.3 is 5.32 Å². The van der Waals surface area contributed by atoms with Crippen LogP contribution in [0.3, 0.4) is 0 Å². The number of nitrogens with one attached hydrogen (secondary N) is 1. The largest absolute Gasteiger partial charge is 0.308 e. The van der Waals surface area contributed by atoms with Crippen LogP contribution in [0.5, 0.6) is 0 Å². The molecule has 0 amide bonds. The summed E-state index contributed by atoms with van der Waals surface area (Å²) in [5.41, 5.74) is 2.55. The molecule has 1 aromatic heterocycles. The normalized spacial score (nSPS) is 15.0. The number of hydrogen-bond donors (Lipinski definition) is 1. The Morgan fingerprint density at radius 2 is 2.22 bits per heavy atom. The quantitative estimate of drug-likeness (QED) is 0.897. The van der Waals surface area contributed by atoms with Crippen molar-refractivity contribution in [1.29, 1.82) is 0 Å². The lowest BCUT2D eigenvalue weighted by atomic mass is 10.2. The molecule has 1 aliphatic carbocycles. The maximum Gasteiger partial charge on any atom is 0.126 e. The third kappa shape index (κ3) is 2.43. The molecule has 0 saturated heterocycles. The highest BCUT2D eigenvalue weighted by atomic mass is 19.1. The number of benzene rings is 1. The van der Waals surface area contributed by atoms with E-state index in [1.807, 2.05) is 12.3 Å². The zero-order valence-electron chi connectivity index (χ0n) is 10.4. The maximum absolute atomic E-state index is 13.2. The standard InChI is InChI=1S/C14H16FN3/c1-10-8-13(4-5-14(10)15)18-7-6-12(17-18)9-16-11-2-3-11/h4-8,11,16H,2-3,9H2,1H3. The average molecular weight is 245 g/mol. The first-order valence-electron chi connectivity index (χ1n) is 6.27. The van der Waals surface area contributed by atoms with E-state index in [2.05, 4.69) is 10.4 Å². The van der Waals surface area contributed by atoms with Crippen molar-refractivity contribution in [3.05, 3.63) is 47.5 Å². The summed E-state index contributed by atoms with van der Waals surface area (Å²) >= 11 is 0. The molecule has 1 N–H and O–H groups in total. The fraction of sp³-hybridized carbons (Fsp3) is 0.357. The molecule has 0 bridgehead atoms. The summed E-state index contributed by atoms with van der Waals surface area (Å²) in [6.07, 6.45) is 4.46. The molecule has 0 radical (unpaired) electrons. The molecule has 0 spiro atoms. The van der Waals surface area contributed by atoms with E-state index in [0.29, 0.717) is 11.6 Å². The van der Waals surface area contributed by atoms with E-state index in [4.69, 9.17) is 0 Å². The van der Waals surface area contributed by atoms with Crippen LogP contribution in [0.4, 0.5) is 4.39 Å². The summed E-state index contributed by atoms with van der Waals surface area (Å²) in [6, 6.07) is 7.71. The van der Waals surface area contributed by atoms with Crippen molar-refractivity contribution in [3.8, 4) is 5.69 Å². The van der Waals surface area contributed by atoms with Gasteiger partial charge in [-0.2, -0.15) is 5.10 Å². The summed E-state index contributed by atoms with van der Waals surface area (Å²) in [4.78, 5) is 0. The van der Waals surface area contributed by atoms with Gasteiger partial charge in [0.15, 0.2) is 0 Å². The van der Waals surface area contributed by atoms with E-state index in [0.717, 1.165) is 17.9 Å². The molecule has 3 nitrogen and oxygen atoms in total. The van der Waals surface area contributed by atoms with E-state index in [1.165, 1.54) is 18.9 Å². The molecule has 2 aromatic rings. The second-order valence-corrected chi connectivity index (χ2v) is 4.84.